The lowest BCUT2D eigenvalue weighted by molar-refractivity contribution is 0.660. The molecule has 10 aromatic carbocycles. The summed E-state index contributed by atoms with van der Waals surface area (Å²) >= 11 is 0. The van der Waals surface area contributed by atoms with Gasteiger partial charge in [0.2, 0.25) is 0 Å². The lowest BCUT2D eigenvalue weighted by Gasteiger charge is -2.29. The summed E-state index contributed by atoms with van der Waals surface area (Å²) in [6.45, 7) is 4.71. The first kappa shape index (κ1) is 35.3. The van der Waals surface area contributed by atoms with E-state index in [9.17, 15) is 0 Å². The molecule has 12 rings (SSSR count). The maximum Gasteiger partial charge on any atom is 0.143 e. The molecule has 0 radical (unpaired) electrons. The van der Waals surface area contributed by atoms with Gasteiger partial charge >= 0.3 is 0 Å². The monoisotopic (exact) mass is 779 g/mol. The molecule has 0 amide bonds. The predicted molar refractivity (Wildman–Crippen MR) is 257 cm³/mol. The van der Waals surface area contributed by atoms with E-state index in [1.165, 1.54) is 60.7 Å². The SMILES string of the molecule is CC1(C)c2ccccc2-c2ccc(N(c3ccc(-c4ccccc4)cc3)c3cc(-c4ccc5ccccc5c4)c4c(c3)oc3c5ccccc5c(-c5ccccc5)cc34)cc21. The lowest BCUT2D eigenvalue weighted by Crippen LogP contribution is -2.16. The van der Waals surface area contributed by atoms with Crippen molar-refractivity contribution in [3.63, 3.8) is 0 Å². The van der Waals surface area contributed by atoms with Crippen LogP contribution < -0.4 is 4.90 Å². The van der Waals surface area contributed by atoms with Crippen molar-refractivity contribution in [3.05, 3.63) is 223 Å². The van der Waals surface area contributed by atoms with E-state index in [0.29, 0.717) is 0 Å². The number of hydrogen-bond acceptors (Lipinski definition) is 2. The Morgan fingerprint density at radius 2 is 0.984 bits per heavy atom. The third kappa shape index (κ3) is 5.64. The molecular formula is C59H41NO. The van der Waals surface area contributed by atoms with E-state index in [2.05, 4.69) is 231 Å². The van der Waals surface area contributed by atoms with Crippen LogP contribution >= 0.6 is 0 Å². The minimum atomic E-state index is -0.152. The van der Waals surface area contributed by atoms with Crippen LogP contribution in [0.25, 0.3) is 88.0 Å². The molecule has 1 heterocycles. The number of benzene rings is 10. The molecule has 0 spiro atoms. The van der Waals surface area contributed by atoms with Crippen LogP contribution in [0.4, 0.5) is 17.1 Å². The molecule has 0 N–H and O–H groups in total. The average Bonchev–Trinajstić information content (AvgIpc) is 3.81. The van der Waals surface area contributed by atoms with Crippen LogP contribution in [0.1, 0.15) is 25.0 Å². The van der Waals surface area contributed by atoms with Gasteiger partial charge in [-0.3, -0.25) is 0 Å². The third-order valence-corrected chi connectivity index (χ3v) is 13.0. The van der Waals surface area contributed by atoms with Gasteiger partial charge in [0.1, 0.15) is 11.2 Å². The van der Waals surface area contributed by atoms with Crippen molar-refractivity contribution in [1.29, 1.82) is 0 Å². The molecule has 2 nitrogen and oxygen atoms in total. The van der Waals surface area contributed by atoms with Gasteiger partial charge in [0, 0.05) is 39.0 Å². The molecule has 61 heavy (non-hydrogen) atoms. The van der Waals surface area contributed by atoms with Crippen LogP contribution in [0.2, 0.25) is 0 Å². The Hall–Kier alpha value is -7.68. The fraction of sp³-hybridized carbons (Fsp3) is 0.0508. The lowest BCUT2D eigenvalue weighted by atomic mass is 9.82. The molecule has 1 aromatic heterocycles. The first-order valence-corrected chi connectivity index (χ1v) is 21.2. The van der Waals surface area contributed by atoms with Crippen molar-refractivity contribution in [2.24, 2.45) is 0 Å². The first-order chi connectivity index (χ1) is 30.0. The van der Waals surface area contributed by atoms with E-state index < -0.39 is 0 Å². The van der Waals surface area contributed by atoms with Gasteiger partial charge in [-0.15, -0.1) is 0 Å². The molecule has 0 aliphatic heterocycles. The fourth-order valence-electron chi connectivity index (χ4n) is 10.00. The Bertz CT molecular complexity index is 3490. The normalized spacial score (nSPS) is 12.9. The highest BCUT2D eigenvalue weighted by Crippen LogP contribution is 2.52. The number of furan rings is 1. The highest BCUT2D eigenvalue weighted by molar-refractivity contribution is 6.23. The minimum absolute atomic E-state index is 0.152. The molecule has 0 saturated carbocycles. The molecule has 0 bridgehead atoms. The number of anilines is 3. The van der Waals surface area contributed by atoms with Crippen molar-refractivity contribution in [3.8, 4) is 44.5 Å². The van der Waals surface area contributed by atoms with Crippen LogP contribution in [0.3, 0.4) is 0 Å². The molecule has 288 valence electrons. The predicted octanol–water partition coefficient (Wildman–Crippen LogP) is 16.7. The molecule has 0 saturated heterocycles. The van der Waals surface area contributed by atoms with Crippen molar-refractivity contribution in [1.82, 2.24) is 0 Å². The van der Waals surface area contributed by atoms with E-state index in [4.69, 9.17) is 4.42 Å². The summed E-state index contributed by atoms with van der Waals surface area (Å²) in [5, 5.41) is 6.93. The van der Waals surface area contributed by atoms with Crippen molar-refractivity contribution >= 4 is 60.5 Å². The molecule has 0 unspecified atom stereocenters. The zero-order valence-corrected chi connectivity index (χ0v) is 34.1. The number of nitrogens with zero attached hydrogens (tertiary/aromatic N) is 1. The summed E-state index contributed by atoms with van der Waals surface area (Å²) in [7, 11) is 0. The van der Waals surface area contributed by atoms with Gasteiger partial charge in [0.25, 0.3) is 0 Å². The Kier molecular flexibility index (Phi) is 7.92. The van der Waals surface area contributed by atoms with E-state index >= 15 is 0 Å². The quantitative estimate of drug-likeness (QED) is 0.167. The van der Waals surface area contributed by atoms with Gasteiger partial charge in [-0.25, -0.2) is 0 Å². The number of hydrogen-bond donors (Lipinski definition) is 0. The second kappa shape index (κ2) is 13.7. The van der Waals surface area contributed by atoms with Crippen LogP contribution in [-0.4, -0.2) is 0 Å². The molecule has 11 aromatic rings. The Morgan fingerprint density at radius 1 is 0.361 bits per heavy atom. The molecular weight excluding hydrogens is 739 g/mol. The maximum absolute atomic E-state index is 7.17. The molecule has 0 fully saturated rings. The van der Waals surface area contributed by atoms with E-state index in [0.717, 1.165) is 55.5 Å². The summed E-state index contributed by atoms with van der Waals surface area (Å²) in [6, 6.07) is 77.4. The summed E-state index contributed by atoms with van der Waals surface area (Å²) in [6.07, 6.45) is 0. The molecule has 1 aliphatic rings. The smallest absolute Gasteiger partial charge is 0.143 e. The highest BCUT2D eigenvalue weighted by Gasteiger charge is 2.36. The zero-order chi connectivity index (χ0) is 40.7. The van der Waals surface area contributed by atoms with Crippen LogP contribution in [0.15, 0.2) is 217 Å². The Labute approximate surface area is 355 Å². The zero-order valence-electron chi connectivity index (χ0n) is 34.1. The highest BCUT2D eigenvalue weighted by atomic mass is 16.3. The largest absolute Gasteiger partial charge is 0.455 e. The van der Waals surface area contributed by atoms with Gasteiger partial charge in [-0.1, -0.05) is 178 Å². The molecule has 2 heteroatoms. The summed E-state index contributed by atoms with van der Waals surface area (Å²) in [5.74, 6) is 0. The minimum Gasteiger partial charge on any atom is -0.455 e. The van der Waals surface area contributed by atoms with Crippen LogP contribution in [0.5, 0.6) is 0 Å². The van der Waals surface area contributed by atoms with Crippen LogP contribution in [0, 0.1) is 0 Å². The summed E-state index contributed by atoms with van der Waals surface area (Å²) in [4.78, 5) is 2.42. The van der Waals surface area contributed by atoms with Crippen molar-refractivity contribution in [2.45, 2.75) is 19.3 Å². The van der Waals surface area contributed by atoms with Crippen LogP contribution in [-0.2, 0) is 5.41 Å². The van der Waals surface area contributed by atoms with E-state index in [1.807, 2.05) is 0 Å². The third-order valence-electron chi connectivity index (χ3n) is 13.0. The van der Waals surface area contributed by atoms with Gasteiger partial charge < -0.3 is 9.32 Å². The summed E-state index contributed by atoms with van der Waals surface area (Å²) < 4.78 is 7.17. The second-order valence-corrected chi connectivity index (χ2v) is 16.9. The van der Waals surface area contributed by atoms with Gasteiger partial charge in [-0.05, 0) is 114 Å². The Balaban J connectivity index is 1.14. The average molecular weight is 780 g/mol. The standard InChI is InChI=1S/C59H41NO/c1-59(2)54-24-14-13-22-48(54)49-32-31-45(35-55(49)59)60(44-29-27-40(28-30-44)38-15-5-3-6-16-38)46-34-52(43-26-25-39-17-9-10-20-42(39)33-43)57-53-37-51(41-18-7-4-8-19-41)47-21-11-12-23-50(47)58(53)61-56(57)36-46/h3-37H,1-2H3. The molecule has 1 aliphatic carbocycles. The number of fused-ring (bicyclic) bond motifs is 9. The van der Waals surface area contributed by atoms with Crippen molar-refractivity contribution < 1.29 is 4.42 Å². The van der Waals surface area contributed by atoms with Gasteiger partial charge in [-0.2, -0.15) is 0 Å². The van der Waals surface area contributed by atoms with Gasteiger partial charge in [0.15, 0.2) is 0 Å². The maximum atomic E-state index is 7.17. The first-order valence-electron chi connectivity index (χ1n) is 21.2. The topological polar surface area (TPSA) is 16.4 Å². The van der Waals surface area contributed by atoms with Crippen molar-refractivity contribution in [2.75, 3.05) is 4.90 Å². The van der Waals surface area contributed by atoms with E-state index in [1.54, 1.807) is 0 Å². The van der Waals surface area contributed by atoms with E-state index in [-0.39, 0.29) is 5.41 Å². The second-order valence-electron chi connectivity index (χ2n) is 16.9. The summed E-state index contributed by atoms with van der Waals surface area (Å²) in [5.41, 5.74) is 17.2. The van der Waals surface area contributed by atoms with Gasteiger partial charge in [0.05, 0.1) is 5.69 Å². The number of rotatable bonds is 6. The Morgan fingerprint density at radius 3 is 1.79 bits per heavy atom. The fourth-order valence-corrected chi connectivity index (χ4v) is 10.00. The molecule has 0 atom stereocenters.